The maximum Gasteiger partial charge on any atom is 0.203 e. The van der Waals surface area contributed by atoms with Gasteiger partial charge in [-0.1, -0.05) is 6.07 Å². The van der Waals surface area contributed by atoms with Gasteiger partial charge in [0.15, 0.2) is 0 Å². The van der Waals surface area contributed by atoms with E-state index in [2.05, 4.69) is 26.6 Å². The highest BCUT2D eigenvalue weighted by Crippen LogP contribution is 2.18. The lowest BCUT2D eigenvalue weighted by molar-refractivity contribution is 0.836. The maximum absolute atomic E-state index is 4.28. The molecule has 0 aromatic carbocycles. The van der Waals surface area contributed by atoms with E-state index < -0.39 is 0 Å². The van der Waals surface area contributed by atoms with Gasteiger partial charge in [0.2, 0.25) is 5.13 Å². The van der Waals surface area contributed by atoms with Crippen molar-refractivity contribution in [2.24, 2.45) is 0 Å². The minimum absolute atomic E-state index is 0.151. The average Bonchev–Trinajstić information content (AvgIpc) is 2.65. The fraction of sp³-hybridized carbons (Fsp3) is 0.300. The minimum Gasteiger partial charge on any atom is -0.352 e. The van der Waals surface area contributed by atoms with Gasteiger partial charge in [0.05, 0.1) is 11.7 Å². The lowest BCUT2D eigenvalue weighted by atomic mass is 10.2. The van der Waals surface area contributed by atoms with E-state index in [1.807, 2.05) is 25.1 Å². The zero-order valence-electron chi connectivity index (χ0n) is 8.64. The molecular weight excluding hydrogens is 208 g/mol. The summed E-state index contributed by atoms with van der Waals surface area (Å²) in [4.78, 5) is 8.52. The third kappa shape index (κ3) is 2.50. The molecular formula is C10H12N4S. The molecule has 1 unspecified atom stereocenters. The number of anilines is 1. The number of pyridine rings is 1. The second-order valence-corrected chi connectivity index (χ2v) is 4.02. The van der Waals surface area contributed by atoms with Crippen LogP contribution in [-0.2, 0) is 0 Å². The highest BCUT2D eigenvalue weighted by atomic mass is 32.1. The van der Waals surface area contributed by atoms with E-state index in [1.165, 1.54) is 11.5 Å². The molecule has 0 bridgehead atoms. The highest BCUT2D eigenvalue weighted by molar-refractivity contribution is 7.09. The van der Waals surface area contributed by atoms with Gasteiger partial charge in [0.25, 0.3) is 0 Å². The van der Waals surface area contributed by atoms with Crippen molar-refractivity contribution in [3.63, 3.8) is 0 Å². The van der Waals surface area contributed by atoms with Crippen LogP contribution in [0.25, 0.3) is 0 Å². The summed E-state index contributed by atoms with van der Waals surface area (Å²) in [5.41, 5.74) is 1.00. The van der Waals surface area contributed by atoms with Crippen LogP contribution >= 0.6 is 11.5 Å². The molecule has 0 aliphatic heterocycles. The van der Waals surface area contributed by atoms with Crippen molar-refractivity contribution in [2.45, 2.75) is 19.9 Å². The summed E-state index contributed by atoms with van der Waals surface area (Å²) in [7, 11) is 0. The van der Waals surface area contributed by atoms with Crippen LogP contribution in [0, 0.1) is 6.92 Å². The maximum atomic E-state index is 4.28. The Kier molecular flexibility index (Phi) is 2.91. The van der Waals surface area contributed by atoms with Crippen LogP contribution in [-0.4, -0.2) is 14.3 Å². The van der Waals surface area contributed by atoms with Gasteiger partial charge in [0.1, 0.15) is 5.82 Å². The van der Waals surface area contributed by atoms with E-state index in [4.69, 9.17) is 0 Å². The largest absolute Gasteiger partial charge is 0.352 e. The molecule has 0 aliphatic carbocycles. The van der Waals surface area contributed by atoms with Gasteiger partial charge in [0, 0.05) is 17.7 Å². The zero-order valence-corrected chi connectivity index (χ0v) is 9.45. The van der Waals surface area contributed by atoms with Crippen molar-refractivity contribution in [3.05, 3.63) is 35.9 Å². The fourth-order valence-electron chi connectivity index (χ4n) is 1.25. The first-order valence-corrected chi connectivity index (χ1v) is 5.51. The van der Waals surface area contributed by atoms with Crippen molar-refractivity contribution in [3.8, 4) is 0 Å². The Hall–Kier alpha value is -1.49. The fourth-order valence-corrected chi connectivity index (χ4v) is 1.91. The molecule has 0 saturated heterocycles. The molecule has 0 radical (unpaired) electrons. The SMILES string of the molecule is Cc1nsc(NC(C)c2ccccn2)n1. The molecule has 0 spiro atoms. The third-order valence-corrected chi connectivity index (χ3v) is 2.74. The summed E-state index contributed by atoms with van der Waals surface area (Å²) in [6.45, 7) is 3.94. The van der Waals surface area contributed by atoms with Gasteiger partial charge in [-0.2, -0.15) is 4.37 Å². The summed E-state index contributed by atoms with van der Waals surface area (Å²) >= 11 is 1.37. The number of hydrogen-bond acceptors (Lipinski definition) is 5. The summed E-state index contributed by atoms with van der Waals surface area (Å²) in [6, 6.07) is 6.03. The molecule has 2 rings (SSSR count). The van der Waals surface area contributed by atoms with E-state index in [9.17, 15) is 0 Å². The molecule has 5 heteroatoms. The lowest BCUT2D eigenvalue weighted by Crippen LogP contribution is -2.07. The van der Waals surface area contributed by atoms with Crippen molar-refractivity contribution < 1.29 is 0 Å². The van der Waals surface area contributed by atoms with Gasteiger partial charge in [-0.25, -0.2) is 4.98 Å². The van der Waals surface area contributed by atoms with Crippen molar-refractivity contribution in [2.75, 3.05) is 5.32 Å². The van der Waals surface area contributed by atoms with Crippen LogP contribution in [0.2, 0.25) is 0 Å². The number of rotatable bonds is 3. The van der Waals surface area contributed by atoms with Crippen LogP contribution < -0.4 is 5.32 Å². The van der Waals surface area contributed by atoms with Crippen LogP contribution in [0.4, 0.5) is 5.13 Å². The molecule has 0 saturated carbocycles. The predicted octanol–water partition coefficient (Wildman–Crippen LogP) is 2.41. The van der Waals surface area contributed by atoms with E-state index in [-0.39, 0.29) is 6.04 Å². The Morgan fingerprint density at radius 3 is 2.87 bits per heavy atom. The number of aryl methyl sites for hydroxylation is 1. The minimum atomic E-state index is 0.151. The Balaban J connectivity index is 2.07. The van der Waals surface area contributed by atoms with Crippen LogP contribution in [0.15, 0.2) is 24.4 Å². The molecule has 0 aliphatic rings. The first-order chi connectivity index (χ1) is 7.25. The monoisotopic (exact) mass is 220 g/mol. The van der Waals surface area contributed by atoms with E-state index in [0.717, 1.165) is 16.6 Å². The van der Waals surface area contributed by atoms with Crippen molar-refractivity contribution in [1.29, 1.82) is 0 Å². The topological polar surface area (TPSA) is 50.7 Å². The van der Waals surface area contributed by atoms with E-state index in [0.29, 0.717) is 0 Å². The summed E-state index contributed by atoms with van der Waals surface area (Å²) in [5.74, 6) is 0.802. The second kappa shape index (κ2) is 4.35. The molecule has 0 amide bonds. The zero-order chi connectivity index (χ0) is 10.7. The molecule has 2 aromatic rings. The van der Waals surface area contributed by atoms with Crippen LogP contribution in [0.5, 0.6) is 0 Å². The quantitative estimate of drug-likeness (QED) is 0.863. The number of nitrogens with one attached hydrogen (secondary N) is 1. The molecule has 1 atom stereocenters. The molecule has 78 valence electrons. The predicted molar refractivity (Wildman–Crippen MR) is 60.9 cm³/mol. The van der Waals surface area contributed by atoms with Gasteiger partial charge < -0.3 is 5.32 Å². The van der Waals surface area contributed by atoms with Gasteiger partial charge in [-0.15, -0.1) is 0 Å². The number of hydrogen-bond donors (Lipinski definition) is 1. The summed E-state index contributed by atoms with van der Waals surface area (Å²) in [6.07, 6.45) is 1.79. The van der Waals surface area contributed by atoms with E-state index >= 15 is 0 Å². The third-order valence-electron chi connectivity index (χ3n) is 2.00. The normalized spacial score (nSPS) is 12.4. The molecule has 1 N–H and O–H groups in total. The molecule has 2 aromatic heterocycles. The Morgan fingerprint density at radius 1 is 1.40 bits per heavy atom. The van der Waals surface area contributed by atoms with Gasteiger partial charge >= 0.3 is 0 Å². The second-order valence-electron chi connectivity index (χ2n) is 3.27. The molecule has 15 heavy (non-hydrogen) atoms. The van der Waals surface area contributed by atoms with Crippen LogP contribution in [0.1, 0.15) is 24.5 Å². The van der Waals surface area contributed by atoms with Crippen LogP contribution in [0.3, 0.4) is 0 Å². The Labute approximate surface area is 92.6 Å². The Bertz CT molecular complexity index is 426. The standard InChI is InChI=1S/C10H12N4S/c1-7(9-5-3-4-6-11-9)12-10-13-8(2)14-15-10/h3-7H,1-2H3,(H,12,13,14). The smallest absolute Gasteiger partial charge is 0.203 e. The Morgan fingerprint density at radius 2 is 2.27 bits per heavy atom. The van der Waals surface area contributed by atoms with Crippen molar-refractivity contribution in [1.82, 2.24) is 14.3 Å². The van der Waals surface area contributed by atoms with Gasteiger partial charge in [-0.3, -0.25) is 4.98 Å². The summed E-state index contributed by atoms with van der Waals surface area (Å²) < 4.78 is 4.11. The molecule has 2 heterocycles. The highest BCUT2D eigenvalue weighted by Gasteiger charge is 2.08. The van der Waals surface area contributed by atoms with E-state index in [1.54, 1.807) is 6.20 Å². The first-order valence-electron chi connectivity index (χ1n) is 4.73. The average molecular weight is 220 g/mol. The summed E-state index contributed by atoms with van der Waals surface area (Å²) in [5, 5.41) is 4.10. The molecule has 0 fully saturated rings. The molecule has 4 nitrogen and oxygen atoms in total. The first kappa shape index (κ1) is 10.0. The lowest BCUT2D eigenvalue weighted by Gasteiger charge is -2.10. The van der Waals surface area contributed by atoms with Crippen molar-refractivity contribution >= 4 is 16.7 Å². The number of nitrogens with zero attached hydrogens (tertiary/aromatic N) is 3. The van der Waals surface area contributed by atoms with Gasteiger partial charge in [-0.05, 0) is 26.0 Å². The number of aromatic nitrogens is 3.